The molecule has 1 heterocycles. The molecule has 0 amide bonds. The first-order chi connectivity index (χ1) is 18.0. The van der Waals surface area contributed by atoms with Gasteiger partial charge in [0.1, 0.15) is 11.9 Å². The average molecular weight is 520 g/mol. The zero-order chi connectivity index (χ0) is 25.8. The first-order valence-corrected chi connectivity index (χ1v) is 13.3. The van der Waals surface area contributed by atoms with Crippen LogP contribution in [0.15, 0.2) is 66.7 Å². The average Bonchev–Trinajstić information content (AvgIpc) is 3.25. The van der Waals surface area contributed by atoms with E-state index in [1.807, 2.05) is 36.4 Å². The summed E-state index contributed by atoms with van der Waals surface area (Å²) in [7, 11) is 0. The highest BCUT2D eigenvalue weighted by molar-refractivity contribution is 6.32. The van der Waals surface area contributed by atoms with E-state index in [1.165, 1.54) is 0 Å². The smallest absolute Gasteiger partial charge is 0.335 e. The van der Waals surface area contributed by atoms with Crippen LogP contribution in [0.4, 0.5) is 4.39 Å². The summed E-state index contributed by atoms with van der Waals surface area (Å²) in [6.45, 7) is 2.20. The molecule has 0 spiro atoms. The summed E-state index contributed by atoms with van der Waals surface area (Å²) >= 11 is 6.69. The van der Waals surface area contributed by atoms with Crippen molar-refractivity contribution >= 4 is 28.7 Å². The molecule has 1 saturated heterocycles. The zero-order valence-corrected chi connectivity index (χ0v) is 21.5. The number of carboxylic acid groups (broad SMARTS) is 1. The Kier molecular flexibility index (Phi) is 7.92. The molecular formula is C31H31ClFNO3. The minimum absolute atomic E-state index is 0.0754. The number of nitrogens with zero attached hydrogens (tertiary/aromatic N) is 1. The van der Waals surface area contributed by atoms with Crippen molar-refractivity contribution in [1.29, 1.82) is 0 Å². The number of alkyl halides is 1. The van der Waals surface area contributed by atoms with Gasteiger partial charge in [-0.15, -0.1) is 0 Å². The quantitative estimate of drug-likeness (QED) is 0.343. The summed E-state index contributed by atoms with van der Waals surface area (Å²) in [5, 5.41) is 10.3. The molecule has 192 valence electrons. The molecule has 1 atom stereocenters. The number of halogens is 2. The fraction of sp³-hybridized carbons (Fsp3) is 0.323. The van der Waals surface area contributed by atoms with Crippen molar-refractivity contribution in [3.8, 4) is 5.75 Å². The number of hydrogen-bond donors (Lipinski definition) is 1. The second-order valence-corrected chi connectivity index (χ2v) is 10.2. The van der Waals surface area contributed by atoms with Gasteiger partial charge in [0, 0.05) is 24.7 Å². The van der Waals surface area contributed by atoms with Gasteiger partial charge in [-0.3, -0.25) is 9.29 Å². The van der Waals surface area contributed by atoms with Gasteiger partial charge in [-0.05, 0) is 95.8 Å². The minimum atomic E-state index is -0.920. The summed E-state index contributed by atoms with van der Waals surface area (Å²) in [6, 6.07) is 21.5. The molecule has 37 heavy (non-hydrogen) atoms. The molecule has 1 N–H and O–H groups in total. The summed E-state index contributed by atoms with van der Waals surface area (Å²) in [5.74, 6) is -0.120. The topological polar surface area (TPSA) is 49.8 Å². The normalized spacial score (nSPS) is 17.9. The molecule has 6 heteroatoms. The molecule has 0 bridgehead atoms. The van der Waals surface area contributed by atoms with E-state index in [0.717, 1.165) is 84.5 Å². The number of rotatable bonds is 8. The highest BCUT2D eigenvalue weighted by atomic mass is 35.5. The highest BCUT2D eigenvalue weighted by Crippen LogP contribution is 2.42. The Labute approximate surface area is 222 Å². The van der Waals surface area contributed by atoms with Crippen molar-refractivity contribution in [3.63, 3.8) is 0 Å². The fourth-order valence-corrected chi connectivity index (χ4v) is 5.77. The first-order valence-electron chi connectivity index (χ1n) is 12.9. The molecule has 0 unspecified atom stereocenters. The van der Waals surface area contributed by atoms with Crippen LogP contribution in [-0.2, 0) is 6.42 Å². The number of benzene rings is 3. The van der Waals surface area contributed by atoms with Crippen LogP contribution in [0.2, 0.25) is 5.02 Å². The molecule has 0 saturated carbocycles. The highest BCUT2D eigenvalue weighted by Gasteiger charge is 2.25. The van der Waals surface area contributed by atoms with Crippen LogP contribution in [0.25, 0.3) is 11.1 Å². The van der Waals surface area contributed by atoms with Crippen molar-refractivity contribution in [2.24, 2.45) is 0 Å². The third-order valence-electron chi connectivity index (χ3n) is 7.26. The van der Waals surface area contributed by atoms with Crippen LogP contribution in [0, 0.1) is 0 Å². The lowest BCUT2D eigenvalue weighted by Crippen LogP contribution is -2.26. The monoisotopic (exact) mass is 519 g/mol. The number of hydrogen-bond acceptors (Lipinski definition) is 3. The van der Waals surface area contributed by atoms with E-state index >= 15 is 0 Å². The summed E-state index contributed by atoms with van der Waals surface area (Å²) in [6.07, 6.45) is 4.07. The lowest BCUT2D eigenvalue weighted by atomic mass is 9.87. The van der Waals surface area contributed by atoms with Gasteiger partial charge in [-0.1, -0.05) is 48.0 Å². The van der Waals surface area contributed by atoms with E-state index in [-0.39, 0.29) is 12.8 Å². The molecule has 4 nitrogen and oxygen atoms in total. The van der Waals surface area contributed by atoms with Crippen molar-refractivity contribution in [2.75, 3.05) is 26.3 Å². The van der Waals surface area contributed by atoms with Crippen molar-refractivity contribution in [2.45, 2.75) is 38.2 Å². The second kappa shape index (κ2) is 11.5. The van der Waals surface area contributed by atoms with Crippen molar-refractivity contribution in [1.82, 2.24) is 4.90 Å². The largest absolute Gasteiger partial charge is 0.489 e. The van der Waals surface area contributed by atoms with Crippen LogP contribution in [0.5, 0.6) is 5.75 Å². The third kappa shape index (κ3) is 5.73. The second-order valence-electron chi connectivity index (χ2n) is 9.76. The van der Waals surface area contributed by atoms with Crippen LogP contribution in [-0.4, -0.2) is 48.4 Å². The number of likely N-dealkylation sites (tertiary alicyclic amines) is 1. The fourth-order valence-electron chi connectivity index (χ4n) is 5.52. The van der Waals surface area contributed by atoms with Gasteiger partial charge in [0.2, 0.25) is 0 Å². The maximum Gasteiger partial charge on any atom is 0.335 e. The van der Waals surface area contributed by atoms with Gasteiger partial charge in [-0.2, -0.15) is 0 Å². The maximum atomic E-state index is 12.6. The Morgan fingerprint density at radius 3 is 2.73 bits per heavy atom. The summed E-state index contributed by atoms with van der Waals surface area (Å²) in [4.78, 5) is 13.9. The standard InChI is InChI=1S/C31H31ClFNO3/c32-29-11-2-1-9-27(29)28-10-4-6-21-18-23(31(35)36)12-13-26(21)30(28)22-7-3-8-24(19-22)37-25-14-17-34(20-25)16-5-15-33/h1-3,7-9,11-13,18-19,25H,4-6,10,14-17,20H2,(H,35,36)/t25-/m1/s1. The summed E-state index contributed by atoms with van der Waals surface area (Å²) < 4.78 is 19.0. The van der Waals surface area contributed by atoms with Gasteiger partial charge < -0.3 is 9.84 Å². The van der Waals surface area contributed by atoms with Crippen LogP contribution >= 0.6 is 11.6 Å². The predicted octanol–water partition coefficient (Wildman–Crippen LogP) is 7.15. The molecular weight excluding hydrogens is 489 g/mol. The molecule has 1 aliphatic heterocycles. The number of carboxylic acids is 1. The Balaban J connectivity index is 1.55. The van der Waals surface area contributed by atoms with Gasteiger partial charge in [-0.25, -0.2) is 4.79 Å². The third-order valence-corrected chi connectivity index (χ3v) is 7.59. The molecule has 0 radical (unpaired) electrons. The molecule has 3 aromatic rings. The summed E-state index contributed by atoms with van der Waals surface area (Å²) in [5.41, 5.74) is 6.61. The van der Waals surface area contributed by atoms with E-state index in [0.29, 0.717) is 17.0 Å². The van der Waals surface area contributed by atoms with Gasteiger partial charge in [0.05, 0.1) is 12.2 Å². The lowest BCUT2D eigenvalue weighted by molar-refractivity contribution is 0.0696. The Morgan fingerprint density at radius 2 is 1.92 bits per heavy atom. The van der Waals surface area contributed by atoms with E-state index in [2.05, 4.69) is 23.1 Å². The number of ether oxygens (including phenoxy) is 1. The van der Waals surface area contributed by atoms with Crippen LogP contribution in [0.1, 0.15) is 58.3 Å². The number of allylic oxidation sites excluding steroid dienone is 1. The SMILES string of the molecule is O=C(O)c1ccc2c(c1)CCCC(c1ccccc1Cl)=C2c1cccc(O[C@@H]2CCN(CCCF)C2)c1. The molecule has 5 rings (SSSR count). The predicted molar refractivity (Wildman–Crippen MR) is 146 cm³/mol. The van der Waals surface area contributed by atoms with E-state index in [1.54, 1.807) is 12.1 Å². The minimum Gasteiger partial charge on any atom is -0.489 e. The van der Waals surface area contributed by atoms with Gasteiger partial charge >= 0.3 is 5.97 Å². The number of aromatic carboxylic acids is 1. The zero-order valence-electron chi connectivity index (χ0n) is 20.8. The molecule has 1 aliphatic carbocycles. The van der Waals surface area contributed by atoms with Crippen LogP contribution in [0.3, 0.4) is 0 Å². The first kappa shape index (κ1) is 25.5. The lowest BCUT2D eigenvalue weighted by Gasteiger charge is -2.20. The Hall–Kier alpha value is -3.15. The number of fused-ring (bicyclic) bond motifs is 1. The molecule has 1 fully saturated rings. The van der Waals surface area contributed by atoms with E-state index < -0.39 is 5.97 Å². The molecule has 3 aromatic carbocycles. The Bertz CT molecular complexity index is 1320. The van der Waals surface area contributed by atoms with E-state index in [9.17, 15) is 14.3 Å². The van der Waals surface area contributed by atoms with Gasteiger partial charge in [0.25, 0.3) is 0 Å². The maximum absolute atomic E-state index is 12.6. The number of carbonyl (C=O) groups is 1. The van der Waals surface area contributed by atoms with Gasteiger partial charge in [0.15, 0.2) is 0 Å². The Morgan fingerprint density at radius 1 is 1.05 bits per heavy atom. The number of aryl methyl sites for hydroxylation is 1. The van der Waals surface area contributed by atoms with Crippen molar-refractivity contribution < 1.29 is 19.0 Å². The van der Waals surface area contributed by atoms with Crippen LogP contribution < -0.4 is 4.74 Å². The van der Waals surface area contributed by atoms with Crippen molar-refractivity contribution in [3.05, 3.63) is 99.6 Å². The van der Waals surface area contributed by atoms with E-state index in [4.69, 9.17) is 16.3 Å². The molecule has 2 aliphatic rings. The molecule has 0 aromatic heterocycles.